The number of carbonyl (C=O) groups excluding carboxylic acids is 1. The van der Waals surface area contributed by atoms with E-state index in [0.717, 1.165) is 36.8 Å². The fourth-order valence-electron chi connectivity index (χ4n) is 4.01. The molecule has 0 saturated heterocycles. The number of rotatable bonds is 8. The highest BCUT2D eigenvalue weighted by atomic mass is 32.2. The van der Waals surface area contributed by atoms with Crippen LogP contribution in [0.25, 0.3) is 0 Å². The van der Waals surface area contributed by atoms with Crippen LogP contribution in [0.3, 0.4) is 0 Å². The molecule has 0 aromatic heterocycles. The SMILES string of the molecule is CC(C)(C)c1cccc(C(=O)C2(OCC(C)(C)c3cccc(S(=O)(=O)C4CC4)c3)CC2)c1. The lowest BCUT2D eigenvalue weighted by molar-refractivity contribution is 0.0119. The summed E-state index contributed by atoms with van der Waals surface area (Å²) in [5.41, 5.74) is 1.54. The minimum Gasteiger partial charge on any atom is -0.366 e. The zero-order valence-corrected chi connectivity index (χ0v) is 20.6. The molecule has 2 aromatic rings. The molecular weight excluding hydrogens is 420 g/mol. The summed E-state index contributed by atoms with van der Waals surface area (Å²) in [6.07, 6.45) is 2.94. The van der Waals surface area contributed by atoms with Crippen molar-refractivity contribution in [2.24, 2.45) is 0 Å². The van der Waals surface area contributed by atoms with Gasteiger partial charge in [-0.1, -0.05) is 65.0 Å². The van der Waals surface area contributed by atoms with Gasteiger partial charge in [-0.15, -0.1) is 0 Å². The normalized spacial score (nSPS) is 18.4. The molecule has 4 rings (SSSR count). The second-order valence-electron chi connectivity index (χ2n) is 11.1. The van der Waals surface area contributed by atoms with Gasteiger partial charge >= 0.3 is 0 Å². The van der Waals surface area contributed by atoms with Crippen molar-refractivity contribution in [2.45, 2.75) is 86.9 Å². The van der Waals surface area contributed by atoms with Gasteiger partial charge in [0.1, 0.15) is 5.60 Å². The van der Waals surface area contributed by atoms with Crippen LogP contribution in [0.2, 0.25) is 0 Å². The van der Waals surface area contributed by atoms with Gasteiger partial charge < -0.3 is 4.74 Å². The maximum absolute atomic E-state index is 13.3. The number of sulfone groups is 1. The Kier molecular flexibility index (Phi) is 5.66. The Morgan fingerprint density at radius 2 is 1.59 bits per heavy atom. The maximum Gasteiger partial charge on any atom is 0.194 e. The van der Waals surface area contributed by atoms with Crippen LogP contribution in [-0.4, -0.2) is 31.7 Å². The van der Waals surface area contributed by atoms with Gasteiger partial charge in [0.15, 0.2) is 15.6 Å². The maximum atomic E-state index is 13.3. The molecule has 0 aliphatic heterocycles. The summed E-state index contributed by atoms with van der Waals surface area (Å²) < 4.78 is 31.6. The fraction of sp³-hybridized carbons (Fsp3) is 0.519. The molecule has 2 aliphatic carbocycles. The van der Waals surface area contributed by atoms with Gasteiger partial charge in [0.25, 0.3) is 0 Å². The van der Waals surface area contributed by atoms with E-state index in [9.17, 15) is 13.2 Å². The van der Waals surface area contributed by atoms with Crippen molar-refractivity contribution in [3.8, 4) is 0 Å². The number of ether oxygens (including phenoxy) is 1. The van der Waals surface area contributed by atoms with E-state index >= 15 is 0 Å². The molecule has 0 unspecified atom stereocenters. The van der Waals surface area contributed by atoms with E-state index in [2.05, 4.69) is 26.8 Å². The van der Waals surface area contributed by atoms with Gasteiger partial charge in [0.05, 0.1) is 16.8 Å². The van der Waals surface area contributed by atoms with Crippen molar-refractivity contribution in [3.05, 3.63) is 65.2 Å². The Balaban J connectivity index is 1.50. The highest BCUT2D eigenvalue weighted by molar-refractivity contribution is 7.92. The van der Waals surface area contributed by atoms with Crippen molar-refractivity contribution in [1.29, 1.82) is 0 Å². The largest absolute Gasteiger partial charge is 0.366 e. The monoisotopic (exact) mass is 454 g/mol. The third-order valence-corrected chi connectivity index (χ3v) is 8.99. The van der Waals surface area contributed by atoms with E-state index in [0.29, 0.717) is 17.1 Å². The van der Waals surface area contributed by atoms with E-state index in [-0.39, 0.29) is 16.4 Å². The lowest BCUT2D eigenvalue weighted by Crippen LogP contribution is -2.34. The van der Waals surface area contributed by atoms with Crippen molar-refractivity contribution in [2.75, 3.05) is 6.61 Å². The van der Waals surface area contributed by atoms with Crippen LogP contribution in [-0.2, 0) is 25.4 Å². The molecule has 0 bridgehead atoms. The zero-order chi connectivity index (χ0) is 23.4. The number of benzene rings is 2. The van der Waals surface area contributed by atoms with Crippen LogP contribution in [0.4, 0.5) is 0 Å². The van der Waals surface area contributed by atoms with Crippen LogP contribution in [0.1, 0.15) is 81.8 Å². The van der Waals surface area contributed by atoms with Gasteiger partial charge in [-0.2, -0.15) is 0 Å². The Morgan fingerprint density at radius 3 is 2.19 bits per heavy atom. The molecule has 4 nitrogen and oxygen atoms in total. The molecule has 32 heavy (non-hydrogen) atoms. The average molecular weight is 455 g/mol. The van der Waals surface area contributed by atoms with E-state index in [1.54, 1.807) is 12.1 Å². The molecule has 0 spiro atoms. The molecule has 2 aliphatic rings. The summed E-state index contributed by atoms with van der Waals surface area (Å²) in [6.45, 7) is 10.8. The zero-order valence-electron chi connectivity index (χ0n) is 19.8. The average Bonchev–Trinajstić information content (AvgIpc) is 3.65. The highest BCUT2D eigenvalue weighted by Gasteiger charge is 2.52. The third kappa shape index (κ3) is 4.55. The smallest absolute Gasteiger partial charge is 0.194 e. The topological polar surface area (TPSA) is 60.4 Å². The summed E-state index contributed by atoms with van der Waals surface area (Å²) in [7, 11) is -3.24. The molecule has 5 heteroatoms. The summed E-state index contributed by atoms with van der Waals surface area (Å²) in [4.78, 5) is 13.7. The first-order valence-corrected chi connectivity index (χ1v) is 13.0. The molecule has 0 radical (unpaired) electrons. The molecule has 2 fully saturated rings. The van der Waals surface area contributed by atoms with Crippen molar-refractivity contribution in [3.63, 3.8) is 0 Å². The summed E-state index contributed by atoms with van der Waals surface area (Å²) in [5, 5.41) is -0.228. The van der Waals surface area contributed by atoms with E-state index in [1.165, 1.54) is 0 Å². The minimum atomic E-state index is -3.24. The Hall–Kier alpha value is -1.98. The minimum absolute atomic E-state index is 0.0261. The lowest BCUT2D eigenvalue weighted by atomic mass is 9.85. The van der Waals surface area contributed by atoms with Crippen LogP contribution in [0.15, 0.2) is 53.4 Å². The highest BCUT2D eigenvalue weighted by Crippen LogP contribution is 2.44. The van der Waals surface area contributed by atoms with Gasteiger partial charge in [0.2, 0.25) is 0 Å². The quantitative estimate of drug-likeness (QED) is 0.485. The fourth-order valence-corrected chi connectivity index (χ4v) is 5.71. The second kappa shape index (κ2) is 7.81. The Morgan fingerprint density at radius 1 is 0.969 bits per heavy atom. The van der Waals surface area contributed by atoms with E-state index in [1.807, 2.05) is 44.2 Å². The van der Waals surface area contributed by atoms with Gasteiger partial charge in [-0.3, -0.25) is 4.79 Å². The standard InChI is InChI=1S/C27H34O4S/c1-25(2,3)20-9-6-8-19(16-20)24(28)27(14-15-27)31-18-26(4,5)21-10-7-11-23(17-21)32(29,30)22-12-13-22/h6-11,16-17,22H,12-15,18H2,1-5H3. The molecule has 172 valence electrons. The molecule has 0 N–H and O–H groups in total. The lowest BCUT2D eigenvalue weighted by Gasteiger charge is -2.28. The molecule has 0 amide bonds. The second-order valence-corrected chi connectivity index (χ2v) is 13.3. The van der Waals surface area contributed by atoms with Crippen molar-refractivity contribution >= 4 is 15.6 Å². The van der Waals surface area contributed by atoms with Crippen molar-refractivity contribution in [1.82, 2.24) is 0 Å². The number of hydrogen-bond acceptors (Lipinski definition) is 4. The van der Waals surface area contributed by atoms with E-state index in [4.69, 9.17) is 4.74 Å². The van der Waals surface area contributed by atoms with Crippen LogP contribution in [0.5, 0.6) is 0 Å². The Labute approximate surface area is 192 Å². The van der Waals surface area contributed by atoms with Gasteiger partial charge in [-0.05, 0) is 60.4 Å². The molecule has 0 heterocycles. The summed E-state index contributed by atoms with van der Waals surface area (Å²) >= 11 is 0. The number of hydrogen-bond donors (Lipinski definition) is 0. The van der Waals surface area contributed by atoms with Crippen LogP contribution < -0.4 is 0 Å². The molecule has 2 aromatic carbocycles. The first-order valence-electron chi connectivity index (χ1n) is 11.5. The van der Waals surface area contributed by atoms with Gasteiger partial charge in [0, 0.05) is 11.0 Å². The number of carbonyl (C=O) groups is 1. The number of ketones is 1. The summed E-state index contributed by atoms with van der Waals surface area (Å²) in [5.74, 6) is 0.0458. The first kappa shape index (κ1) is 23.2. The first-order chi connectivity index (χ1) is 14.9. The molecule has 2 saturated carbocycles. The van der Waals surface area contributed by atoms with E-state index < -0.39 is 20.9 Å². The predicted molar refractivity (Wildman–Crippen MR) is 127 cm³/mol. The predicted octanol–water partition coefficient (Wildman–Crippen LogP) is 5.63. The van der Waals surface area contributed by atoms with Crippen molar-refractivity contribution < 1.29 is 17.9 Å². The summed E-state index contributed by atoms with van der Waals surface area (Å²) in [6, 6.07) is 15.1. The van der Waals surface area contributed by atoms with Gasteiger partial charge in [-0.25, -0.2) is 8.42 Å². The number of Topliss-reactive ketones (excluding diaryl/α,β-unsaturated/α-hetero) is 1. The Bertz CT molecular complexity index is 1130. The van der Waals surface area contributed by atoms with Crippen LogP contribution in [0, 0.1) is 0 Å². The third-order valence-electron chi connectivity index (χ3n) is 6.73. The molecular formula is C27H34O4S. The van der Waals surface area contributed by atoms with Crippen LogP contribution >= 0.6 is 0 Å². The molecule has 0 atom stereocenters.